The van der Waals surface area contributed by atoms with Crippen molar-refractivity contribution in [3.63, 3.8) is 0 Å². The summed E-state index contributed by atoms with van der Waals surface area (Å²) in [5, 5.41) is 9.10. The number of pyridine rings is 1. The van der Waals surface area contributed by atoms with Crippen LogP contribution in [0.25, 0.3) is 0 Å². The lowest BCUT2D eigenvalue weighted by Crippen LogP contribution is -2.32. The SMILES string of the molecule is CNC(=O)c1cc(C(=O)CCCc2cn[nH]c2)cn(Cc2ccccc2)c1=O. The maximum atomic E-state index is 12.7. The van der Waals surface area contributed by atoms with E-state index in [-0.39, 0.29) is 11.3 Å². The van der Waals surface area contributed by atoms with Crippen LogP contribution < -0.4 is 10.9 Å². The third-order valence-corrected chi connectivity index (χ3v) is 4.50. The lowest BCUT2D eigenvalue weighted by Gasteiger charge is -2.11. The van der Waals surface area contributed by atoms with Crippen LogP contribution in [0, 0.1) is 0 Å². The summed E-state index contributed by atoms with van der Waals surface area (Å²) in [6.07, 6.45) is 6.78. The Morgan fingerprint density at radius 1 is 1.18 bits per heavy atom. The lowest BCUT2D eigenvalue weighted by molar-refractivity contribution is 0.0961. The molecule has 1 amide bonds. The van der Waals surface area contributed by atoms with Crippen LogP contribution >= 0.6 is 0 Å². The number of nitrogens with zero attached hydrogens (tertiary/aromatic N) is 2. The number of H-pyrrole nitrogens is 1. The van der Waals surface area contributed by atoms with Crippen molar-refractivity contribution in [2.45, 2.75) is 25.8 Å². The van der Waals surface area contributed by atoms with Crippen LogP contribution in [0.3, 0.4) is 0 Å². The molecule has 2 aromatic heterocycles. The predicted octanol–water partition coefficient (Wildman–Crippen LogP) is 2.18. The zero-order chi connectivity index (χ0) is 19.9. The van der Waals surface area contributed by atoms with E-state index >= 15 is 0 Å². The van der Waals surface area contributed by atoms with Gasteiger partial charge in [0.2, 0.25) is 0 Å². The quantitative estimate of drug-likeness (QED) is 0.587. The second-order valence-corrected chi connectivity index (χ2v) is 6.52. The van der Waals surface area contributed by atoms with Crippen LogP contribution in [-0.2, 0) is 13.0 Å². The fourth-order valence-corrected chi connectivity index (χ4v) is 2.99. The molecule has 0 atom stereocenters. The molecule has 0 aliphatic rings. The summed E-state index contributed by atoms with van der Waals surface area (Å²) in [4.78, 5) is 37.5. The lowest BCUT2D eigenvalue weighted by atomic mass is 10.0. The first-order valence-electron chi connectivity index (χ1n) is 9.10. The summed E-state index contributed by atoms with van der Waals surface area (Å²) in [7, 11) is 1.46. The minimum absolute atomic E-state index is 0.0286. The highest BCUT2D eigenvalue weighted by atomic mass is 16.2. The van der Waals surface area contributed by atoms with E-state index in [0.717, 1.165) is 17.5 Å². The van der Waals surface area contributed by atoms with E-state index in [9.17, 15) is 14.4 Å². The standard InChI is InChI=1S/C21H22N4O3/c1-22-20(27)18-10-17(19(26)9-5-8-16-11-23-24-12-16)14-25(21(18)28)13-15-6-3-2-4-7-15/h2-4,6-7,10-12,14H,5,8-9,13H2,1H3,(H,22,27)(H,23,24). The summed E-state index contributed by atoms with van der Waals surface area (Å²) < 4.78 is 1.42. The summed E-state index contributed by atoms with van der Waals surface area (Å²) >= 11 is 0. The number of carbonyl (C=O) groups excluding carboxylic acids is 2. The Kier molecular flexibility index (Phi) is 6.16. The van der Waals surface area contributed by atoms with E-state index in [4.69, 9.17) is 0 Å². The number of aromatic amines is 1. The molecule has 0 unspecified atom stereocenters. The number of aromatic nitrogens is 3. The molecule has 0 saturated heterocycles. The van der Waals surface area contributed by atoms with Gasteiger partial charge in [-0.1, -0.05) is 30.3 Å². The highest BCUT2D eigenvalue weighted by Gasteiger charge is 2.17. The van der Waals surface area contributed by atoms with Crippen molar-refractivity contribution >= 4 is 11.7 Å². The minimum Gasteiger partial charge on any atom is -0.355 e. The molecule has 0 radical (unpaired) electrons. The molecular weight excluding hydrogens is 356 g/mol. The fraction of sp³-hybridized carbons (Fsp3) is 0.238. The van der Waals surface area contributed by atoms with Crippen LogP contribution in [0.5, 0.6) is 0 Å². The minimum atomic E-state index is -0.500. The van der Waals surface area contributed by atoms with Gasteiger partial charge >= 0.3 is 0 Å². The number of amides is 1. The topological polar surface area (TPSA) is 96.8 Å². The number of ketones is 1. The summed E-state index contributed by atoms with van der Waals surface area (Å²) in [5.41, 5.74) is 1.86. The predicted molar refractivity (Wildman–Crippen MR) is 105 cm³/mol. The first-order valence-corrected chi connectivity index (χ1v) is 9.10. The van der Waals surface area contributed by atoms with Crippen molar-refractivity contribution in [3.05, 3.63) is 87.6 Å². The Labute approximate surface area is 162 Å². The third kappa shape index (κ3) is 4.62. The Hall–Kier alpha value is -3.48. The van der Waals surface area contributed by atoms with Gasteiger partial charge in [-0.3, -0.25) is 19.5 Å². The van der Waals surface area contributed by atoms with E-state index < -0.39 is 11.5 Å². The zero-order valence-electron chi connectivity index (χ0n) is 15.6. The van der Waals surface area contributed by atoms with Crippen molar-refractivity contribution in [2.75, 3.05) is 7.05 Å². The molecule has 28 heavy (non-hydrogen) atoms. The van der Waals surface area contributed by atoms with E-state index in [1.54, 1.807) is 18.6 Å². The van der Waals surface area contributed by atoms with Crippen molar-refractivity contribution in [1.29, 1.82) is 0 Å². The largest absolute Gasteiger partial charge is 0.355 e. The Balaban J connectivity index is 1.84. The molecule has 0 bridgehead atoms. The van der Waals surface area contributed by atoms with Crippen molar-refractivity contribution in [3.8, 4) is 0 Å². The van der Waals surface area contributed by atoms with Gasteiger partial charge in [-0.25, -0.2) is 0 Å². The van der Waals surface area contributed by atoms with E-state index in [0.29, 0.717) is 24.9 Å². The molecule has 0 aliphatic heterocycles. The monoisotopic (exact) mass is 378 g/mol. The molecular formula is C21H22N4O3. The summed E-state index contributed by atoms with van der Waals surface area (Å²) in [5.74, 6) is -0.602. The Bertz CT molecular complexity index is 1010. The molecule has 0 fully saturated rings. The smallest absolute Gasteiger partial charge is 0.263 e. The normalized spacial score (nSPS) is 10.6. The van der Waals surface area contributed by atoms with E-state index in [1.807, 2.05) is 30.3 Å². The third-order valence-electron chi connectivity index (χ3n) is 4.50. The van der Waals surface area contributed by atoms with Gasteiger partial charge in [0, 0.05) is 31.4 Å². The summed E-state index contributed by atoms with van der Waals surface area (Å²) in [6, 6.07) is 10.8. The molecule has 1 aromatic carbocycles. The molecule has 7 nitrogen and oxygen atoms in total. The molecule has 2 heterocycles. The molecule has 0 spiro atoms. The highest BCUT2D eigenvalue weighted by Crippen LogP contribution is 2.11. The second-order valence-electron chi connectivity index (χ2n) is 6.52. The maximum absolute atomic E-state index is 12.7. The van der Waals surface area contributed by atoms with Gasteiger partial charge in [0.25, 0.3) is 11.5 Å². The van der Waals surface area contributed by atoms with Crippen LogP contribution in [-0.4, -0.2) is 33.5 Å². The molecule has 7 heteroatoms. The van der Waals surface area contributed by atoms with Crippen molar-refractivity contribution < 1.29 is 9.59 Å². The summed E-state index contributed by atoms with van der Waals surface area (Å²) in [6.45, 7) is 0.291. The number of hydrogen-bond acceptors (Lipinski definition) is 4. The van der Waals surface area contributed by atoms with Crippen LogP contribution in [0.15, 0.2) is 59.8 Å². The first kappa shape index (κ1) is 19.3. The van der Waals surface area contributed by atoms with Crippen LogP contribution in [0.1, 0.15) is 44.7 Å². The van der Waals surface area contributed by atoms with Crippen LogP contribution in [0.2, 0.25) is 0 Å². The van der Waals surface area contributed by atoms with Crippen molar-refractivity contribution in [1.82, 2.24) is 20.1 Å². The van der Waals surface area contributed by atoms with E-state index in [1.165, 1.54) is 17.7 Å². The van der Waals surface area contributed by atoms with Gasteiger partial charge < -0.3 is 9.88 Å². The maximum Gasteiger partial charge on any atom is 0.263 e. The number of carbonyl (C=O) groups is 2. The number of hydrogen-bond donors (Lipinski definition) is 2. The number of rotatable bonds is 8. The molecule has 0 saturated carbocycles. The zero-order valence-corrected chi connectivity index (χ0v) is 15.6. The highest BCUT2D eigenvalue weighted by molar-refractivity contribution is 6.00. The Morgan fingerprint density at radius 2 is 1.96 bits per heavy atom. The average Bonchev–Trinajstić information content (AvgIpc) is 3.23. The average molecular weight is 378 g/mol. The van der Waals surface area contributed by atoms with Gasteiger partial charge in [0.05, 0.1) is 12.7 Å². The van der Waals surface area contributed by atoms with Gasteiger partial charge in [0.15, 0.2) is 5.78 Å². The number of Topliss-reactive ketones (excluding diaryl/α,β-unsaturated/α-hetero) is 1. The molecule has 144 valence electrons. The van der Waals surface area contributed by atoms with Gasteiger partial charge in [0.1, 0.15) is 5.56 Å². The fourth-order valence-electron chi connectivity index (χ4n) is 2.99. The Morgan fingerprint density at radius 3 is 2.64 bits per heavy atom. The van der Waals surface area contributed by atoms with Crippen molar-refractivity contribution in [2.24, 2.45) is 0 Å². The number of nitrogens with one attached hydrogen (secondary N) is 2. The first-order chi connectivity index (χ1) is 13.6. The number of benzene rings is 1. The van der Waals surface area contributed by atoms with Gasteiger partial charge in [-0.2, -0.15) is 5.10 Å². The van der Waals surface area contributed by atoms with E-state index in [2.05, 4.69) is 15.5 Å². The van der Waals surface area contributed by atoms with Gasteiger partial charge in [-0.15, -0.1) is 0 Å². The van der Waals surface area contributed by atoms with Gasteiger partial charge in [-0.05, 0) is 30.0 Å². The molecule has 3 rings (SSSR count). The molecule has 3 aromatic rings. The second kappa shape index (κ2) is 8.94. The van der Waals surface area contributed by atoms with Crippen LogP contribution in [0.4, 0.5) is 0 Å². The molecule has 0 aliphatic carbocycles. The molecule has 2 N–H and O–H groups in total. The number of aryl methyl sites for hydroxylation is 1.